The molecule has 54 valence electrons. The molecule has 0 bridgehead atoms. The van der Waals surface area contributed by atoms with Crippen LogP contribution in [0.2, 0.25) is 0 Å². The van der Waals surface area contributed by atoms with Gasteiger partial charge in [0.1, 0.15) is 0 Å². The summed E-state index contributed by atoms with van der Waals surface area (Å²) in [5, 5.41) is 0. The number of hydrogen-bond donors (Lipinski definition) is 2. The van der Waals surface area contributed by atoms with Gasteiger partial charge in [0.15, 0.2) is 0 Å². The number of hydrogen-bond acceptors (Lipinski definition) is 1. The van der Waals surface area contributed by atoms with Gasteiger partial charge in [0, 0.05) is 17.8 Å². The van der Waals surface area contributed by atoms with Crippen LogP contribution in [0.25, 0.3) is 0 Å². The maximum Gasteiger partial charge on any atom is 0.323 e. The standard InChI is InChI=1S/C7H10N2O/c10-7-8-4-6(9-7)5-2-1-3-5/h4-5H,1-3H2,(H2,8,9,10). The lowest BCUT2D eigenvalue weighted by Gasteiger charge is -2.23. The summed E-state index contributed by atoms with van der Waals surface area (Å²) in [6.07, 6.45) is 5.55. The molecule has 0 amide bonds. The molecule has 10 heavy (non-hydrogen) atoms. The average Bonchev–Trinajstić information content (AvgIpc) is 2.10. The van der Waals surface area contributed by atoms with Crippen molar-refractivity contribution in [2.75, 3.05) is 0 Å². The van der Waals surface area contributed by atoms with Crippen LogP contribution in [0.1, 0.15) is 30.9 Å². The van der Waals surface area contributed by atoms with Crippen LogP contribution < -0.4 is 5.69 Å². The molecule has 2 rings (SSSR count). The Bertz CT molecular complexity index is 269. The lowest BCUT2D eigenvalue weighted by Crippen LogP contribution is -2.10. The molecule has 1 aliphatic carbocycles. The summed E-state index contributed by atoms with van der Waals surface area (Å²) < 4.78 is 0. The maximum absolute atomic E-state index is 10.6. The Morgan fingerprint density at radius 1 is 1.50 bits per heavy atom. The van der Waals surface area contributed by atoms with Gasteiger partial charge >= 0.3 is 5.69 Å². The van der Waals surface area contributed by atoms with Gasteiger partial charge < -0.3 is 9.97 Å². The zero-order chi connectivity index (χ0) is 6.97. The van der Waals surface area contributed by atoms with Crippen LogP contribution in [0.15, 0.2) is 11.0 Å². The molecule has 1 aliphatic rings. The molecule has 0 unspecified atom stereocenters. The molecule has 1 aromatic rings. The molecule has 0 spiro atoms. The van der Waals surface area contributed by atoms with Crippen molar-refractivity contribution < 1.29 is 0 Å². The van der Waals surface area contributed by atoms with Crippen LogP contribution in [0.4, 0.5) is 0 Å². The Morgan fingerprint density at radius 3 is 2.70 bits per heavy atom. The SMILES string of the molecule is O=c1[nH]cc(C2CCC2)[nH]1. The van der Waals surface area contributed by atoms with Crippen molar-refractivity contribution in [2.45, 2.75) is 25.2 Å². The summed E-state index contributed by atoms with van der Waals surface area (Å²) in [6.45, 7) is 0. The molecular weight excluding hydrogens is 128 g/mol. The van der Waals surface area contributed by atoms with Gasteiger partial charge in [0.2, 0.25) is 0 Å². The van der Waals surface area contributed by atoms with Crippen LogP contribution >= 0.6 is 0 Å². The molecule has 0 radical (unpaired) electrons. The number of aromatic amines is 2. The van der Waals surface area contributed by atoms with Crippen molar-refractivity contribution in [1.82, 2.24) is 9.97 Å². The van der Waals surface area contributed by atoms with Gasteiger partial charge in [-0.15, -0.1) is 0 Å². The first kappa shape index (κ1) is 5.77. The predicted octanol–water partition coefficient (Wildman–Crippen LogP) is 0.970. The minimum Gasteiger partial charge on any atom is -0.313 e. The highest BCUT2D eigenvalue weighted by molar-refractivity contribution is 5.06. The topological polar surface area (TPSA) is 48.6 Å². The highest BCUT2D eigenvalue weighted by atomic mass is 16.1. The van der Waals surface area contributed by atoms with E-state index in [4.69, 9.17) is 0 Å². The lowest BCUT2D eigenvalue weighted by molar-refractivity contribution is 0.412. The zero-order valence-corrected chi connectivity index (χ0v) is 5.68. The summed E-state index contributed by atoms with van der Waals surface area (Å²) in [5.41, 5.74) is 0.998. The van der Waals surface area contributed by atoms with Crippen molar-refractivity contribution in [3.63, 3.8) is 0 Å². The van der Waals surface area contributed by atoms with Gasteiger partial charge in [0.05, 0.1) is 0 Å². The third kappa shape index (κ3) is 0.781. The Hall–Kier alpha value is -0.990. The predicted molar refractivity (Wildman–Crippen MR) is 38.0 cm³/mol. The van der Waals surface area contributed by atoms with E-state index in [1.54, 1.807) is 6.20 Å². The van der Waals surface area contributed by atoms with Crippen LogP contribution in [0, 0.1) is 0 Å². The normalized spacial score (nSPS) is 18.8. The molecule has 1 fully saturated rings. The van der Waals surface area contributed by atoms with Gasteiger partial charge in [-0.25, -0.2) is 4.79 Å². The smallest absolute Gasteiger partial charge is 0.313 e. The molecule has 2 N–H and O–H groups in total. The van der Waals surface area contributed by atoms with Crippen molar-refractivity contribution in [3.8, 4) is 0 Å². The lowest BCUT2D eigenvalue weighted by atomic mass is 9.83. The summed E-state index contributed by atoms with van der Waals surface area (Å²) in [5.74, 6) is 0.624. The molecule has 1 aromatic heterocycles. The monoisotopic (exact) mass is 138 g/mol. The molecule has 1 saturated carbocycles. The summed E-state index contributed by atoms with van der Waals surface area (Å²) in [7, 11) is 0. The van der Waals surface area contributed by atoms with Gasteiger partial charge in [-0.2, -0.15) is 0 Å². The van der Waals surface area contributed by atoms with Crippen LogP contribution in [-0.2, 0) is 0 Å². The maximum atomic E-state index is 10.6. The average molecular weight is 138 g/mol. The van der Waals surface area contributed by atoms with Crippen molar-refractivity contribution >= 4 is 0 Å². The van der Waals surface area contributed by atoms with E-state index in [1.165, 1.54) is 19.3 Å². The van der Waals surface area contributed by atoms with Crippen LogP contribution in [0.5, 0.6) is 0 Å². The second kappa shape index (κ2) is 2.01. The van der Waals surface area contributed by atoms with Crippen molar-refractivity contribution in [2.24, 2.45) is 0 Å². The molecule has 0 atom stereocenters. The van der Waals surface area contributed by atoms with E-state index in [2.05, 4.69) is 9.97 Å². The molecule has 3 nitrogen and oxygen atoms in total. The van der Waals surface area contributed by atoms with E-state index in [0.29, 0.717) is 5.92 Å². The van der Waals surface area contributed by atoms with Gasteiger partial charge in [0.25, 0.3) is 0 Å². The third-order valence-corrected chi connectivity index (χ3v) is 2.16. The molecule has 1 heterocycles. The fraction of sp³-hybridized carbons (Fsp3) is 0.571. The second-order valence-corrected chi connectivity index (χ2v) is 2.83. The van der Waals surface area contributed by atoms with Crippen molar-refractivity contribution in [1.29, 1.82) is 0 Å². The van der Waals surface area contributed by atoms with Crippen LogP contribution in [-0.4, -0.2) is 9.97 Å². The van der Waals surface area contributed by atoms with E-state index in [0.717, 1.165) is 5.69 Å². The molecule has 0 aromatic carbocycles. The first-order chi connectivity index (χ1) is 4.86. The molecule has 0 aliphatic heterocycles. The first-order valence-corrected chi connectivity index (χ1v) is 3.64. The number of aromatic nitrogens is 2. The zero-order valence-electron chi connectivity index (χ0n) is 5.68. The highest BCUT2D eigenvalue weighted by Crippen LogP contribution is 2.34. The number of imidazole rings is 1. The number of nitrogens with one attached hydrogen (secondary N) is 2. The van der Waals surface area contributed by atoms with E-state index in [1.807, 2.05) is 0 Å². The largest absolute Gasteiger partial charge is 0.323 e. The Morgan fingerprint density at radius 2 is 2.30 bits per heavy atom. The van der Waals surface area contributed by atoms with Crippen molar-refractivity contribution in [3.05, 3.63) is 22.4 Å². The number of rotatable bonds is 1. The fourth-order valence-corrected chi connectivity index (χ4v) is 1.29. The quantitative estimate of drug-likeness (QED) is 0.596. The molecular formula is C7H10N2O. The summed E-state index contributed by atoms with van der Waals surface area (Å²) in [6, 6.07) is 0. The summed E-state index contributed by atoms with van der Waals surface area (Å²) >= 11 is 0. The highest BCUT2D eigenvalue weighted by Gasteiger charge is 2.20. The second-order valence-electron chi connectivity index (χ2n) is 2.83. The van der Waals surface area contributed by atoms with E-state index in [-0.39, 0.29) is 5.69 Å². The Kier molecular flexibility index (Phi) is 1.16. The van der Waals surface area contributed by atoms with E-state index in [9.17, 15) is 4.79 Å². The van der Waals surface area contributed by atoms with Gasteiger partial charge in [-0.3, -0.25) is 0 Å². The third-order valence-electron chi connectivity index (χ3n) is 2.16. The van der Waals surface area contributed by atoms with Crippen LogP contribution in [0.3, 0.4) is 0 Å². The minimum absolute atomic E-state index is 0.0816. The molecule has 3 heteroatoms. The Balaban J connectivity index is 2.25. The fourth-order valence-electron chi connectivity index (χ4n) is 1.29. The molecule has 0 saturated heterocycles. The van der Waals surface area contributed by atoms with E-state index >= 15 is 0 Å². The van der Waals surface area contributed by atoms with E-state index < -0.39 is 0 Å². The first-order valence-electron chi connectivity index (χ1n) is 3.64. The number of H-pyrrole nitrogens is 2. The minimum atomic E-state index is -0.0816. The Labute approximate surface area is 58.5 Å². The van der Waals surface area contributed by atoms with Gasteiger partial charge in [-0.1, -0.05) is 6.42 Å². The summed E-state index contributed by atoms with van der Waals surface area (Å²) in [4.78, 5) is 16.0. The van der Waals surface area contributed by atoms with Gasteiger partial charge in [-0.05, 0) is 12.8 Å².